The minimum Gasteiger partial charge on any atom is -0.377 e. The van der Waals surface area contributed by atoms with Crippen molar-refractivity contribution < 1.29 is 4.74 Å². The average molecular weight is 255 g/mol. The monoisotopic (exact) mass is 255 g/mol. The molecular weight excluding hydrogens is 222 g/mol. The first-order chi connectivity index (χ1) is 8.17. The highest BCUT2D eigenvalue weighted by Gasteiger charge is 2.48. The third-order valence-corrected chi connectivity index (χ3v) is 4.66. The summed E-state index contributed by atoms with van der Waals surface area (Å²) in [6.07, 6.45) is 4.87. The Hall–Kier alpha value is -0.0800. The second-order valence-electron chi connectivity index (χ2n) is 7.79. The van der Waals surface area contributed by atoms with Crippen molar-refractivity contribution in [2.24, 2.45) is 10.8 Å². The molecule has 0 amide bonds. The highest BCUT2D eigenvalue weighted by atomic mass is 16.5. The molecule has 1 N–H and O–H groups in total. The zero-order valence-electron chi connectivity index (χ0n) is 13.5. The fourth-order valence-electron chi connectivity index (χ4n) is 3.45. The van der Waals surface area contributed by atoms with E-state index in [1.54, 1.807) is 0 Å². The summed E-state index contributed by atoms with van der Waals surface area (Å²) in [6.45, 7) is 14.9. The maximum absolute atomic E-state index is 6.05. The van der Waals surface area contributed by atoms with Gasteiger partial charge in [0, 0.05) is 13.2 Å². The molecule has 108 valence electrons. The van der Waals surface area contributed by atoms with E-state index in [-0.39, 0.29) is 11.0 Å². The molecule has 2 heteroatoms. The Morgan fingerprint density at radius 3 is 1.94 bits per heavy atom. The highest BCUT2D eigenvalue weighted by molar-refractivity contribution is 5.03. The van der Waals surface area contributed by atoms with Crippen LogP contribution in [0.5, 0.6) is 0 Å². The van der Waals surface area contributed by atoms with Crippen molar-refractivity contribution in [1.29, 1.82) is 0 Å². The Labute approximate surface area is 114 Å². The van der Waals surface area contributed by atoms with E-state index in [2.05, 4.69) is 46.9 Å². The number of likely N-dealkylation sites (N-methyl/N-ethyl adjacent to an activating group) is 1. The van der Waals surface area contributed by atoms with E-state index >= 15 is 0 Å². The van der Waals surface area contributed by atoms with Gasteiger partial charge in [0.2, 0.25) is 0 Å². The summed E-state index contributed by atoms with van der Waals surface area (Å²) in [7, 11) is 1.90. The van der Waals surface area contributed by atoms with Crippen LogP contribution >= 0.6 is 0 Å². The highest BCUT2D eigenvalue weighted by Crippen LogP contribution is 2.46. The molecule has 18 heavy (non-hydrogen) atoms. The third-order valence-electron chi connectivity index (χ3n) is 4.66. The Kier molecular flexibility index (Phi) is 4.88. The zero-order chi connectivity index (χ0) is 14.0. The molecule has 1 rings (SSSR count). The van der Waals surface area contributed by atoms with Gasteiger partial charge in [0.1, 0.15) is 0 Å². The van der Waals surface area contributed by atoms with E-state index in [4.69, 9.17) is 4.74 Å². The molecule has 1 unspecified atom stereocenters. The second kappa shape index (κ2) is 5.50. The number of hydrogen-bond acceptors (Lipinski definition) is 2. The lowest BCUT2D eigenvalue weighted by Gasteiger charge is -2.51. The topological polar surface area (TPSA) is 21.3 Å². The molecule has 0 aliphatic heterocycles. The maximum Gasteiger partial charge on any atom is 0.0836 e. The van der Waals surface area contributed by atoms with Gasteiger partial charge in [0.05, 0.1) is 5.60 Å². The molecular formula is C16H33NO. The molecule has 1 saturated carbocycles. The van der Waals surface area contributed by atoms with Crippen LogP contribution in [0.3, 0.4) is 0 Å². The van der Waals surface area contributed by atoms with Crippen LogP contribution in [-0.4, -0.2) is 25.3 Å². The van der Waals surface area contributed by atoms with Crippen LogP contribution in [0.25, 0.3) is 0 Å². The van der Waals surface area contributed by atoms with Crippen LogP contribution in [0.4, 0.5) is 0 Å². The molecule has 2 nitrogen and oxygen atoms in total. The van der Waals surface area contributed by atoms with Crippen molar-refractivity contribution in [3.8, 4) is 0 Å². The normalized spacial score (nSPS) is 24.8. The fourth-order valence-corrected chi connectivity index (χ4v) is 3.45. The quantitative estimate of drug-likeness (QED) is 0.820. The van der Waals surface area contributed by atoms with Crippen LogP contribution in [0, 0.1) is 10.8 Å². The molecule has 1 atom stereocenters. The molecule has 0 spiro atoms. The van der Waals surface area contributed by atoms with Crippen molar-refractivity contribution in [2.45, 2.75) is 78.9 Å². The Morgan fingerprint density at radius 1 is 1.11 bits per heavy atom. The zero-order valence-corrected chi connectivity index (χ0v) is 13.5. The summed E-state index contributed by atoms with van der Waals surface area (Å²) in [5, 5.41) is 3.69. The van der Waals surface area contributed by atoms with Gasteiger partial charge in [-0.1, -0.05) is 41.5 Å². The van der Waals surface area contributed by atoms with Gasteiger partial charge in [-0.05, 0) is 43.1 Å². The van der Waals surface area contributed by atoms with E-state index in [0.717, 1.165) is 6.54 Å². The van der Waals surface area contributed by atoms with Crippen molar-refractivity contribution in [3.05, 3.63) is 0 Å². The first-order valence-corrected chi connectivity index (χ1v) is 7.45. The second-order valence-corrected chi connectivity index (χ2v) is 7.79. The summed E-state index contributed by atoms with van der Waals surface area (Å²) in [5.41, 5.74) is 0.730. The Morgan fingerprint density at radius 2 is 1.61 bits per heavy atom. The van der Waals surface area contributed by atoms with E-state index in [0.29, 0.717) is 11.5 Å². The fraction of sp³-hybridized carbons (Fsp3) is 1.00. The van der Waals surface area contributed by atoms with Crippen LogP contribution < -0.4 is 5.32 Å². The smallest absolute Gasteiger partial charge is 0.0836 e. The van der Waals surface area contributed by atoms with Gasteiger partial charge in [0.25, 0.3) is 0 Å². The summed E-state index contributed by atoms with van der Waals surface area (Å²) in [6, 6.07) is 0.427. The number of hydrogen-bond donors (Lipinski definition) is 1. The van der Waals surface area contributed by atoms with Crippen molar-refractivity contribution in [1.82, 2.24) is 5.32 Å². The molecule has 0 aromatic carbocycles. The van der Waals surface area contributed by atoms with Crippen LogP contribution in [0.15, 0.2) is 0 Å². The van der Waals surface area contributed by atoms with Crippen LogP contribution in [0.1, 0.15) is 67.2 Å². The molecule has 0 aromatic rings. The molecule has 1 fully saturated rings. The predicted molar refractivity (Wildman–Crippen MR) is 78.9 cm³/mol. The van der Waals surface area contributed by atoms with Gasteiger partial charge in [0.15, 0.2) is 0 Å². The molecule has 0 aromatic heterocycles. The first kappa shape index (κ1) is 16.0. The van der Waals surface area contributed by atoms with E-state index in [9.17, 15) is 0 Å². The van der Waals surface area contributed by atoms with Gasteiger partial charge in [-0.3, -0.25) is 0 Å². The average Bonchev–Trinajstić information content (AvgIpc) is 2.26. The lowest BCUT2D eigenvalue weighted by Crippen LogP contribution is -2.60. The van der Waals surface area contributed by atoms with Crippen molar-refractivity contribution >= 4 is 0 Å². The van der Waals surface area contributed by atoms with E-state index in [1.165, 1.54) is 25.7 Å². The standard InChI is InChI=1S/C16H33NO/c1-8-17-13(14(2,3)4)16(18-7)11-9-15(5,6)10-12-16/h13,17H,8-12H2,1-7H3. The summed E-state index contributed by atoms with van der Waals surface area (Å²) < 4.78 is 6.05. The van der Waals surface area contributed by atoms with E-state index in [1.807, 2.05) is 7.11 Å². The molecule has 0 heterocycles. The molecule has 0 bridgehead atoms. The third kappa shape index (κ3) is 3.48. The number of ether oxygens (including phenoxy) is 1. The largest absolute Gasteiger partial charge is 0.377 e. The molecule has 1 aliphatic rings. The predicted octanol–water partition coefficient (Wildman–Crippen LogP) is 4.00. The molecule has 1 aliphatic carbocycles. The summed E-state index contributed by atoms with van der Waals surface area (Å²) in [5.74, 6) is 0. The number of methoxy groups -OCH3 is 1. The minimum absolute atomic E-state index is 0.0176. The number of nitrogens with one attached hydrogen (secondary N) is 1. The summed E-state index contributed by atoms with van der Waals surface area (Å²) in [4.78, 5) is 0. The van der Waals surface area contributed by atoms with Gasteiger partial charge < -0.3 is 10.1 Å². The van der Waals surface area contributed by atoms with Crippen LogP contribution in [-0.2, 0) is 4.74 Å². The van der Waals surface area contributed by atoms with Crippen molar-refractivity contribution in [2.75, 3.05) is 13.7 Å². The minimum atomic E-state index is 0.0176. The molecule has 0 radical (unpaired) electrons. The number of rotatable bonds is 4. The van der Waals surface area contributed by atoms with E-state index < -0.39 is 0 Å². The SMILES string of the molecule is CCNC(C(C)(C)C)C1(OC)CCC(C)(C)CC1. The van der Waals surface area contributed by atoms with Gasteiger partial charge in [-0.2, -0.15) is 0 Å². The van der Waals surface area contributed by atoms with Crippen molar-refractivity contribution in [3.63, 3.8) is 0 Å². The van der Waals surface area contributed by atoms with Gasteiger partial charge in [-0.15, -0.1) is 0 Å². The Balaban J connectivity index is 2.92. The van der Waals surface area contributed by atoms with Gasteiger partial charge >= 0.3 is 0 Å². The first-order valence-electron chi connectivity index (χ1n) is 7.45. The lowest BCUT2D eigenvalue weighted by molar-refractivity contribution is -0.109. The Bertz CT molecular complexity index is 255. The lowest BCUT2D eigenvalue weighted by atomic mass is 9.64. The summed E-state index contributed by atoms with van der Waals surface area (Å²) >= 11 is 0. The molecule has 0 saturated heterocycles. The maximum atomic E-state index is 6.05. The van der Waals surface area contributed by atoms with Crippen LogP contribution in [0.2, 0.25) is 0 Å². The van der Waals surface area contributed by atoms with Gasteiger partial charge in [-0.25, -0.2) is 0 Å².